The van der Waals surface area contributed by atoms with E-state index in [4.69, 9.17) is 5.11 Å². The fourth-order valence-electron chi connectivity index (χ4n) is 1.07. The second-order valence-electron chi connectivity index (χ2n) is 3.28. The lowest BCUT2D eigenvalue weighted by Crippen LogP contribution is -2.25. The highest BCUT2D eigenvalue weighted by Gasteiger charge is 2.19. The van der Waals surface area contributed by atoms with Crippen molar-refractivity contribution in [3.63, 3.8) is 0 Å². The largest absolute Gasteiger partial charge is 0.465 e. The predicted molar refractivity (Wildman–Crippen MR) is 60.7 cm³/mol. The summed E-state index contributed by atoms with van der Waals surface area (Å²) in [7, 11) is 1.28. The lowest BCUT2D eigenvalue weighted by Gasteiger charge is -2.08. The summed E-state index contributed by atoms with van der Waals surface area (Å²) in [4.78, 5) is 23.0. The number of rotatable bonds is 3. The van der Waals surface area contributed by atoms with Gasteiger partial charge in [0.15, 0.2) is 0 Å². The van der Waals surface area contributed by atoms with Crippen molar-refractivity contribution in [3.05, 3.63) is 15.8 Å². The fraction of sp³-hybridized carbons (Fsp3) is 0.400. The zero-order valence-corrected chi connectivity index (χ0v) is 10.1. The Morgan fingerprint density at radius 3 is 2.69 bits per heavy atom. The number of aliphatic hydroxyl groups is 1. The molecule has 1 amide bonds. The van der Waals surface area contributed by atoms with Crippen LogP contribution in [0.1, 0.15) is 22.2 Å². The van der Waals surface area contributed by atoms with Crippen LogP contribution in [0.2, 0.25) is 0 Å². The standard InChI is InChI=1S/C10H13NO4S/c1-5-4-16-8(10(14)15-3)7(5)11-9(13)6(2)12/h4,6,12H,1-3H3,(H,11,13). The molecule has 1 heterocycles. The summed E-state index contributed by atoms with van der Waals surface area (Å²) in [6.45, 7) is 3.12. The van der Waals surface area contributed by atoms with Gasteiger partial charge < -0.3 is 15.2 Å². The predicted octanol–water partition coefficient (Wildman–Crippen LogP) is 1.16. The number of aliphatic hydroxyl groups excluding tert-OH is 1. The van der Waals surface area contributed by atoms with E-state index >= 15 is 0 Å². The van der Waals surface area contributed by atoms with Crippen LogP contribution in [0.4, 0.5) is 5.69 Å². The number of hydrogen-bond acceptors (Lipinski definition) is 5. The second kappa shape index (κ2) is 5.09. The van der Waals surface area contributed by atoms with Crippen LogP contribution in [-0.2, 0) is 9.53 Å². The molecule has 2 N–H and O–H groups in total. The zero-order chi connectivity index (χ0) is 12.3. The summed E-state index contributed by atoms with van der Waals surface area (Å²) in [5, 5.41) is 13.3. The van der Waals surface area contributed by atoms with Gasteiger partial charge in [0.25, 0.3) is 5.91 Å². The molecule has 6 heteroatoms. The number of carbonyl (C=O) groups excluding carboxylic acids is 2. The highest BCUT2D eigenvalue weighted by atomic mass is 32.1. The molecular weight excluding hydrogens is 230 g/mol. The van der Waals surface area contributed by atoms with E-state index in [1.54, 1.807) is 12.3 Å². The minimum atomic E-state index is -1.12. The third-order valence-corrected chi connectivity index (χ3v) is 3.05. The first-order valence-electron chi connectivity index (χ1n) is 4.62. The maximum Gasteiger partial charge on any atom is 0.350 e. The molecule has 1 atom stereocenters. The van der Waals surface area contributed by atoms with Crippen molar-refractivity contribution in [2.45, 2.75) is 20.0 Å². The SMILES string of the molecule is COC(=O)c1scc(C)c1NC(=O)C(C)O. The van der Waals surface area contributed by atoms with E-state index in [1.807, 2.05) is 0 Å². The van der Waals surface area contributed by atoms with Gasteiger partial charge in [-0.05, 0) is 24.8 Å². The molecule has 0 saturated carbocycles. The normalized spacial score (nSPS) is 12.0. The van der Waals surface area contributed by atoms with E-state index in [9.17, 15) is 9.59 Å². The number of amides is 1. The Kier molecular flexibility index (Phi) is 4.03. The molecular formula is C10H13NO4S. The Bertz CT molecular complexity index is 411. The zero-order valence-electron chi connectivity index (χ0n) is 9.23. The van der Waals surface area contributed by atoms with Crippen molar-refractivity contribution in [1.82, 2.24) is 0 Å². The second-order valence-corrected chi connectivity index (χ2v) is 4.16. The monoisotopic (exact) mass is 243 g/mol. The molecule has 0 spiro atoms. The minimum absolute atomic E-state index is 0.328. The van der Waals surface area contributed by atoms with Crippen molar-refractivity contribution in [3.8, 4) is 0 Å². The first-order chi connectivity index (χ1) is 7.47. The third kappa shape index (κ3) is 2.59. The van der Waals surface area contributed by atoms with Gasteiger partial charge in [-0.3, -0.25) is 4.79 Å². The Morgan fingerprint density at radius 1 is 1.56 bits per heavy atom. The van der Waals surface area contributed by atoms with Gasteiger partial charge in [-0.25, -0.2) is 4.79 Å². The first-order valence-corrected chi connectivity index (χ1v) is 5.50. The smallest absolute Gasteiger partial charge is 0.350 e. The Hall–Kier alpha value is -1.40. The van der Waals surface area contributed by atoms with Gasteiger partial charge in [0.2, 0.25) is 0 Å². The highest BCUT2D eigenvalue weighted by molar-refractivity contribution is 7.12. The maximum atomic E-state index is 11.4. The van der Waals surface area contributed by atoms with Gasteiger partial charge in [-0.15, -0.1) is 11.3 Å². The van der Waals surface area contributed by atoms with E-state index in [0.717, 1.165) is 5.56 Å². The lowest BCUT2D eigenvalue weighted by molar-refractivity contribution is -0.123. The van der Waals surface area contributed by atoms with Crippen molar-refractivity contribution in [1.29, 1.82) is 0 Å². The van der Waals surface area contributed by atoms with E-state index in [-0.39, 0.29) is 0 Å². The molecule has 0 bridgehead atoms. The molecule has 1 rings (SSSR count). The number of hydrogen-bond donors (Lipinski definition) is 2. The van der Waals surface area contributed by atoms with Gasteiger partial charge in [0.05, 0.1) is 12.8 Å². The molecule has 0 aliphatic rings. The van der Waals surface area contributed by atoms with Crippen LogP contribution >= 0.6 is 11.3 Å². The molecule has 0 radical (unpaired) electrons. The van der Waals surface area contributed by atoms with E-state index in [2.05, 4.69) is 10.1 Å². The Morgan fingerprint density at radius 2 is 2.19 bits per heavy atom. The van der Waals surface area contributed by atoms with Gasteiger partial charge in [-0.2, -0.15) is 0 Å². The van der Waals surface area contributed by atoms with Gasteiger partial charge in [-0.1, -0.05) is 0 Å². The van der Waals surface area contributed by atoms with Crippen LogP contribution in [-0.4, -0.2) is 30.2 Å². The Balaban J connectivity index is 2.98. The minimum Gasteiger partial charge on any atom is -0.465 e. The summed E-state index contributed by atoms with van der Waals surface area (Å²) in [5.41, 5.74) is 1.17. The lowest BCUT2D eigenvalue weighted by atomic mass is 10.2. The number of anilines is 1. The van der Waals surface area contributed by atoms with Crippen LogP contribution in [0.3, 0.4) is 0 Å². The van der Waals surface area contributed by atoms with Gasteiger partial charge in [0.1, 0.15) is 11.0 Å². The number of carbonyl (C=O) groups is 2. The number of thiophene rings is 1. The van der Waals surface area contributed by atoms with Crippen LogP contribution in [0.25, 0.3) is 0 Å². The average molecular weight is 243 g/mol. The summed E-state index contributed by atoms with van der Waals surface area (Å²) in [5.74, 6) is -1.05. The van der Waals surface area contributed by atoms with Crippen LogP contribution in [0, 0.1) is 6.92 Å². The summed E-state index contributed by atoms with van der Waals surface area (Å²) >= 11 is 1.19. The van der Waals surface area contributed by atoms with Crippen molar-refractivity contribution < 1.29 is 19.4 Å². The van der Waals surface area contributed by atoms with Crippen molar-refractivity contribution in [2.24, 2.45) is 0 Å². The summed E-state index contributed by atoms with van der Waals surface area (Å²) in [6, 6.07) is 0. The average Bonchev–Trinajstić information content (AvgIpc) is 2.59. The number of methoxy groups -OCH3 is 1. The topological polar surface area (TPSA) is 75.6 Å². The number of esters is 1. The molecule has 0 aromatic carbocycles. The molecule has 0 aliphatic heterocycles. The first kappa shape index (κ1) is 12.7. The van der Waals surface area contributed by atoms with Crippen LogP contribution < -0.4 is 5.32 Å². The number of ether oxygens (including phenoxy) is 1. The van der Waals surface area contributed by atoms with Crippen LogP contribution in [0.15, 0.2) is 5.38 Å². The molecule has 1 aromatic rings. The summed E-state index contributed by atoms with van der Waals surface area (Å²) in [6.07, 6.45) is -1.12. The Labute approximate surface area is 97.0 Å². The van der Waals surface area contributed by atoms with Gasteiger partial charge in [0, 0.05) is 0 Å². The molecule has 1 aromatic heterocycles. The molecule has 0 saturated heterocycles. The van der Waals surface area contributed by atoms with Crippen molar-refractivity contribution in [2.75, 3.05) is 12.4 Å². The van der Waals surface area contributed by atoms with E-state index in [1.165, 1.54) is 25.4 Å². The molecule has 1 unspecified atom stereocenters. The van der Waals surface area contributed by atoms with Gasteiger partial charge >= 0.3 is 5.97 Å². The van der Waals surface area contributed by atoms with E-state index < -0.39 is 18.0 Å². The third-order valence-electron chi connectivity index (χ3n) is 1.97. The molecule has 16 heavy (non-hydrogen) atoms. The quantitative estimate of drug-likeness (QED) is 0.781. The molecule has 0 aliphatic carbocycles. The fourth-order valence-corrected chi connectivity index (χ4v) is 1.99. The molecule has 5 nitrogen and oxygen atoms in total. The number of nitrogens with one attached hydrogen (secondary N) is 1. The van der Waals surface area contributed by atoms with Crippen molar-refractivity contribution >= 4 is 28.9 Å². The summed E-state index contributed by atoms with van der Waals surface area (Å²) < 4.78 is 4.59. The molecule has 0 fully saturated rings. The highest BCUT2D eigenvalue weighted by Crippen LogP contribution is 2.28. The maximum absolute atomic E-state index is 11.4. The van der Waals surface area contributed by atoms with Crippen LogP contribution in [0.5, 0.6) is 0 Å². The van der Waals surface area contributed by atoms with E-state index in [0.29, 0.717) is 10.6 Å². The number of aryl methyl sites for hydroxylation is 1. The molecule has 88 valence electrons.